The number of aromatic nitrogens is 4. The molecule has 4 rings (SSSR count). The largest absolute Gasteiger partial charge is 0.288 e. The van der Waals surface area contributed by atoms with Crippen molar-refractivity contribution < 1.29 is 8.78 Å². The summed E-state index contributed by atoms with van der Waals surface area (Å²) in [5.74, 6) is -0.726. The van der Waals surface area contributed by atoms with E-state index in [1.807, 2.05) is 19.9 Å². The van der Waals surface area contributed by atoms with Crippen LogP contribution in [0.3, 0.4) is 0 Å². The van der Waals surface area contributed by atoms with Crippen LogP contribution in [0.1, 0.15) is 17.0 Å². The molecule has 0 radical (unpaired) electrons. The van der Waals surface area contributed by atoms with Crippen LogP contribution in [0.25, 0.3) is 27.9 Å². The molecule has 0 amide bonds. The number of halogens is 2. The highest BCUT2D eigenvalue weighted by atomic mass is 19.1. The highest BCUT2D eigenvalue weighted by Crippen LogP contribution is 2.30. The number of imidazole rings is 1. The zero-order chi connectivity index (χ0) is 17.0. The first-order chi connectivity index (χ1) is 11.5. The van der Waals surface area contributed by atoms with E-state index >= 15 is 0 Å². The first kappa shape index (κ1) is 14.7. The maximum Gasteiger partial charge on any atom is 0.153 e. The van der Waals surface area contributed by atoms with Crippen LogP contribution in [-0.2, 0) is 0 Å². The van der Waals surface area contributed by atoms with Gasteiger partial charge >= 0.3 is 0 Å². The third kappa shape index (κ3) is 1.99. The number of rotatable bonds is 1. The van der Waals surface area contributed by atoms with Gasteiger partial charge in [-0.2, -0.15) is 0 Å². The van der Waals surface area contributed by atoms with Gasteiger partial charge in [-0.25, -0.2) is 18.7 Å². The number of benzene rings is 1. The van der Waals surface area contributed by atoms with Gasteiger partial charge in [-0.15, -0.1) is 0 Å². The van der Waals surface area contributed by atoms with E-state index in [1.165, 1.54) is 6.07 Å². The van der Waals surface area contributed by atoms with Crippen molar-refractivity contribution in [1.82, 2.24) is 19.4 Å². The number of hydrogen-bond acceptors (Lipinski definition) is 3. The standard InChI is InChI=1S/C18H14F2N4/c1-9-4-5-21-8-13(9)18-23-11(3)17-10(2)22-16-14(20)6-12(19)7-15(16)24(17)18/h4-8H,1-3H3. The van der Waals surface area contributed by atoms with Crippen molar-refractivity contribution in [3.8, 4) is 11.4 Å². The number of aryl methyl sites for hydroxylation is 3. The molecule has 3 aromatic heterocycles. The lowest BCUT2D eigenvalue weighted by Gasteiger charge is -2.10. The Labute approximate surface area is 136 Å². The summed E-state index contributed by atoms with van der Waals surface area (Å²) in [6.07, 6.45) is 3.41. The van der Waals surface area contributed by atoms with E-state index < -0.39 is 11.6 Å². The predicted molar refractivity (Wildman–Crippen MR) is 87.9 cm³/mol. The molecule has 0 unspecified atom stereocenters. The van der Waals surface area contributed by atoms with E-state index in [9.17, 15) is 8.78 Å². The topological polar surface area (TPSA) is 43.1 Å². The second-order valence-electron chi connectivity index (χ2n) is 5.85. The molecule has 120 valence electrons. The zero-order valence-electron chi connectivity index (χ0n) is 13.4. The minimum Gasteiger partial charge on any atom is -0.288 e. The van der Waals surface area contributed by atoms with Crippen LogP contribution < -0.4 is 0 Å². The van der Waals surface area contributed by atoms with Crippen LogP contribution in [0.15, 0.2) is 30.6 Å². The summed E-state index contributed by atoms with van der Waals surface area (Å²) in [4.78, 5) is 13.1. The molecule has 4 aromatic rings. The molecule has 3 heterocycles. The molecule has 0 saturated carbocycles. The summed E-state index contributed by atoms with van der Waals surface area (Å²) >= 11 is 0. The van der Waals surface area contributed by atoms with Gasteiger partial charge in [-0.3, -0.25) is 9.38 Å². The summed E-state index contributed by atoms with van der Waals surface area (Å²) in [5.41, 5.74) is 4.43. The third-order valence-electron chi connectivity index (χ3n) is 4.20. The summed E-state index contributed by atoms with van der Waals surface area (Å²) < 4.78 is 29.8. The van der Waals surface area contributed by atoms with Gasteiger partial charge in [-0.1, -0.05) is 0 Å². The highest BCUT2D eigenvalue weighted by molar-refractivity contribution is 5.84. The fourth-order valence-corrected chi connectivity index (χ4v) is 3.12. The van der Waals surface area contributed by atoms with E-state index in [1.54, 1.807) is 23.7 Å². The zero-order valence-corrected chi connectivity index (χ0v) is 13.4. The van der Waals surface area contributed by atoms with E-state index in [0.717, 1.165) is 28.4 Å². The molecule has 0 spiro atoms. The average Bonchev–Trinajstić information content (AvgIpc) is 2.87. The van der Waals surface area contributed by atoms with Gasteiger partial charge in [0.1, 0.15) is 17.2 Å². The Morgan fingerprint density at radius 1 is 1.00 bits per heavy atom. The number of hydrogen-bond donors (Lipinski definition) is 0. The van der Waals surface area contributed by atoms with E-state index in [2.05, 4.69) is 15.0 Å². The molecule has 0 aliphatic carbocycles. The van der Waals surface area contributed by atoms with Gasteiger partial charge < -0.3 is 0 Å². The number of nitrogens with zero attached hydrogens (tertiary/aromatic N) is 4. The Morgan fingerprint density at radius 3 is 2.50 bits per heavy atom. The molecule has 0 saturated heterocycles. The van der Waals surface area contributed by atoms with Crippen LogP contribution in [0, 0.1) is 32.4 Å². The van der Waals surface area contributed by atoms with Gasteiger partial charge in [0, 0.05) is 30.1 Å². The Bertz CT molecular complexity index is 1120. The fourth-order valence-electron chi connectivity index (χ4n) is 3.12. The van der Waals surface area contributed by atoms with Crippen LogP contribution in [0.2, 0.25) is 0 Å². The lowest BCUT2D eigenvalue weighted by molar-refractivity contribution is 0.589. The van der Waals surface area contributed by atoms with Crippen molar-refractivity contribution in [2.75, 3.05) is 0 Å². The minimum atomic E-state index is -0.685. The van der Waals surface area contributed by atoms with Gasteiger partial charge in [0.05, 0.1) is 22.4 Å². The van der Waals surface area contributed by atoms with Crippen molar-refractivity contribution in [1.29, 1.82) is 0 Å². The normalized spacial score (nSPS) is 11.5. The van der Waals surface area contributed by atoms with Crippen molar-refractivity contribution in [2.45, 2.75) is 20.8 Å². The quantitative estimate of drug-likeness (QED) is 0.528. The second kappa shape index (κ2) is 5.06. The Balaban J connectivity index is 2.26. The molecule has 0 N–H and O–H groups in total. The monoisotopic (exact) mass is 324 g/mol. The van der Waals surface area contributed by atoms with Crippen molar-refractivity contribution in [3.63, 3.8) is 0 Å². The van der Waals surface area contributed by atoms with Crippen LogP contribution in [0.4, 0.5) is 8.78 Å². The van der Waals surface area contributed by atoms with Crippen LogP contribution in [-0.4, -0.2) is 19.4 Å². The molecule has 0 fully saturated rings. The minimum absolute atomic E-state index is 0.126. The molecule has 4 nitrogen and oxygen atoms in total. The first-order valence-electron chi connectivity index (χ1n) is 7.52. The Kier molecular flexibility index (Phi) is 3.09. The summed E-state index contributed by atoms with van der Waals surface area (Å²) in [7, 11) is 0. The molecule has 6 heteroatoms. The Hall–Kier alpha value is -2.89. The van der Waals surface area contributed by atoms with Crippen molar-refractivity contribution >= 4 is 16.6 Å². The molecule has 0 aliphatic heterocycles. The van der Waals surface area contributed by atoms with E-state index in [0.29, 0.717) is 17.0 Å². The first-order valence-corrected chi connectivity index (χ1v) is 7.52. The maximum absolute atomic E-state index is 14.2. The second-order valence-corrected chi connectivity index (χ2v) is 5.85. The smallest absolute Gasteiger partial charge is 0.153 e. The third-order valence-corrected chi connectivity index (χ3v) is 4.20. The van der Waals surface area contributed by atoms with Gasteiger partial charge in [0.2, 0.25) is 0 Å². The molecule has 24 heavy (non-hydrogen) atoms. The molecular formula is C18H14F2N4. The molecule has 0 aliphatic rings. The SMILES string of the molecule is Cc1ccncc1-c1nc(C)c2c(C)nc3c(F)cc(F)cc3n12. The summed E-state index contributed by atoms with van der Waals surface area (Å²) in [6, 6.07) is 4.01. The molecule has 0 bridgehead atoms. The molecule has 1 aromatic carbocycles. The van der Waals surface area contributed by atoms with Crippen LogP contribution in [0.5, 0.6) is 0 Å². The number of pyridine rings is 1. The average molecular weight is 324 g/mol. The lowest BCUT2D eigenvalue weighted by Crippen LogP contribution is -2.01. The van der Waals surface area contributed by atoms with Crippen molar-refractivity contribution in [2.24, 2.45) is 0 Å². The predicted octanol–water partition coefficient (Wildman–Crippen LogP) is 4.15. The van der Waals surface area contributed by atoms with E-state index in [4.69, 9.17) is 0 Å². The lowest BCUT2D eigenvalue weighted by atomic mass is 10.1. The van der Waals surface area contributed by atoms with Gasteiger partial charge in [0.25, 0.3) is 0 Å². The van der Waals surface area contributed by atoms with Crippen molar-refractivity contribution in [3.05, 3.63) is 59.2 Å². The number of fused-ring (bicyclic) bond motifs is 3. The summed E-state index contributed by atoms with van der Waals surface area (Å²) in [5, 5.41) is 0. The molecule has 0 atom stereocenters. The van der Waals surface area contributed by atoms with Gasteiger partial charge in [0.15, 0.2) is 5.82 Å². The van der Waals surface area contributed by atoms with E-state index in [-0.39, 0.29) is 5.52 Å². The highest BCUT2D eigenvalue weighted by Gasteiger charge is 2.19. The Morgan fingerprint density at radius 2 is 1.75 bits per heavy atom. The fraction of sp³-hybridized carbons (Fsp3) is 0.167. The van der Waals surface area contributed by atoms with Crippen LogP contribution >= 0.6 is 0 Å². The van der Waals surface area contributed by atoms with Gasteiger partial charge in [-0.05, 0) is 32.4 Å². The summed E-state index contributed by atoms with van der Waals surface area (Å²) in [6.45, 7) is 5.61. The maximum atomic E-state index is 14.2. The molecular weight excluding hydrogens is 310 g/mol.